The summed E-state index contributed by atoms with van der Waals surface area (Å²) < 4.78 is 5.00. The molecule has 4 aromatic heterocycles. The van der Waals surface area contributed by atoms with Gasteiger partial charge in [0.2, 0.25) is 0 Å². The first-order valence-electron chi connectivity index (χ1n) is 6.34. The molecule has 0 aliphatic carbocycles. The van der Waals surface area contributed by atoms with E-state index in [1.165, 1.54) is 5.56 Å². The topological polar surface area (TPSA) is 34.6 Å². The van der Waals surface area contributed by atoms with Crippen LogP contribution in [0.1, 0.15) is 11.3 Å². The predicted molar refractivity (Wildman–Crippen MR) is 85.9 cm³/mol. The second kappa shape index (κ2) is 4.59. The van der Waals surface area contributed by atoms with Crippen LogP contribution in [-0.2, 0) is 6.42 Å². The molecule has 0 fully saturated rings. The van der Waals surface area contributed by atoms with Gasteiger partial charge in [0.1, 0.15) is 0 Å². The maximum atomic E-state index is 4.59. The summed E-state index contributed by atoms with van der Waals surface area (Å²) in [5.74, 6) is 0. The zero-order chi connectivity index (χ0) is 13.5. The summed E-state index contributed by atoms with van der Waals surface area (Å²) in [4.78, 5) is 4.31. The first kappa shape index (κ1) is 11.9. The Hall–Kier alpha value is -1.89. The fourth-order valence-electron chi connectivity index (χ4n) is 2.39. The van der Waals surface area contributed by atoms with Crippen molar-refractivity contribution in [2.45, 2.75) is 6.42 Å². The van der Waals surface area contributed by atoms with E-state index in [-0.39, 0.29) is 0 Å². The van der Waals surface area contributed by atoms with E-state index in [9.17, 15) is 0 Å². The highest BCUT2D eigenvalue weighted by molar-refractivity contribution is 14.1. The first-order valence-corrected chi connectivity index (χ1v) is 7.42. The maximum absolute atomic E-state index is 4.59. The molecule has 0 bridgehead atoms. The molecule has 0 radical (unpaired) electrons. The summed E-state index contributed by atoms with van der Waals surface area (Å²) in [6.45, 7) is 0. The smallest absolute Gasteiger partial charge is 0.175 e. The van der Waals surface area contributed by atoms with Gasteiger partial charge in [-0.2, -0.15) is 5.10 Å². The average molecular weight is 374 g/mol. The highest BCUT2D eigenvalue weighted by Gasteiger charge is 2.05. The van der Waals surface area contributed by atoms with E-state index in [0.717, 1.165) is 27.0 Å². The molecule has 4 rings (SSSR count). The average Bonchev–Trinajstić information content (AvgIpc) is 3.02. The lowest BCUT2D eigenvalue weighted by Gasteiger charge is -2.01. The number of aromatic nitrogens is 4. The minimum Gasteiger partial charge on any atom is -0.295 e. The number of hydrogen-bond acceptors (Lipinski definition) is 2. The van der Waals surface area contributed by atoms with Crippen molar-refractivity contribution in [1.29, 1.82) is 0 Å². The molecule has 0 atom stereocenters. The van der Waals surface area contributed by atoms with Gasteiger partial charge < -0.3 is 0 Å². The molecule has 0 aromatic carbocycles. The Morgan fingerprint density at radius 3 is 2.95 bits per heavy atom. The largest absolute Gasteiger partial charge is 0.295 e. The summed E-state index contributed by atoms with van der Waals surface area (Å²) >= 11 is 2.24. The van der Waals surface area contributed by atoms with Crippen LogP contribution < -0.4 is 0 Å². The quantitative estimate of drug-likeness (QED) is 0.505. The summed E-state index contributed by atoms with van der Waals surface area (Å²) in [5.41, 5.74) is 4.55. The fourth-order valence-corrected chi connectivity index (χ4v) is 2.95. The lowest BCUT2D eigenvalue weighted by atomic mass is 10.1. The number of nitrogens with zero attached hydrogens (tertiary/aromatic N) is 4. The van der Waals surface area contributed by atoms with E-state index in [1.54, 1.807) is 0 Å². The normalized spacial score (nSPS) is 11.4. The van der Waals surface area contributed by atoms with Gasteiger partial charge in [-0.1, -0.05) is 12.1 Å². The van der Waals surface area contributed by atoms with E-state index in [1.807, 2.05) is 29.0 Å². The molecule has 0 saturated heterocycles. The molecule has 4 heterocycles. The van der Waals surface area contributed by atoms with Gasteiger partial charge in [-0.3, -0.25) is 4.40 Å². The Morgan fingerprint density at radius 1 is 1.10 bits per heavy atom. The van der Waals surface area contributed by atoms with Crippen LogP contribution in [0.15, 0.2) is 55.0 Å². The molecule has 4 nitrogen and oxygen atoms in total. The molecule has 0 spiro atoms. The molecule has 0 aliphatic rings. The van der Waals surface area contributed by atoms with Crippen LogP contribution in [0.4, 0.5) is 0 Å². The van der Waals surface area contributed by atoms with Crippen LogP contribution >= 0.6 is 22.6 Å². The van der Waals surface area contributed by atoms with E-state index in [0.29, 0.717) is 0 Å². The van der Waals surface area contributed by atoms with Crippen LogP contribution in [0, 0.1) is 3.83 Å². The van der Waals surface area contributed by atoms with Crippen LogP contribution in [0.5, 0.6) is 0 Å². The number of hydrogen-bond donors (Lipinski definition) is 0. The van der Waals surface area contributed by atoms with Crippen molar-refractivity contribution in [2.24, 2.45) is 0 Å². The van der Waals surface area contributed by atoms with Crippen molar-refractivity contribution in [2.75, 3.05) is 0 Å². The summed E-state index contributed by atoms with van der Waals surface area (Å²) in [5, 5.41) is 4.59. The number of fused-ring (bicyclic) bond motifs is 2. The molecule has 0 unspecified atom stereocenters. The van der Waals surface area contributed by atoms with E-state index >= 15 is 0 Å². The number of rotatable bonds is 2. The zero-order valence-electron chi connectivity index (χ0n) is 10.6. The molecule has 0 saturated carbocycles. The fraction of sp³-hybridized carbons (Fsp3) is 0.0667. The van der Waals surface area contributed by atoms with Crippen molar-refractivity contribution in [3.05, 3.63) is 70.1 Å². The molecule has 20 heavy (non-hydrogen) atoms. The van der Waals surface area contributed by atoms with Gasteiger partial charge >= 0.3 is 0 Å². The lowest BCUT2D eigenvalue weighted by molar-refractivity contribution is 0.905. The third-order valence-electron chi connectivity index (χ3n) is 3.35. The summed E-state index contributed by atoms with van der Waals surface area (Å²) in [7, 11) is 0. The third kappa shape index (κ3) is 1.98. The standard InChI is InChI=1S/C15H11IN4/c16-15-17-9-14-5-4-11(10-19(14)15)7-12-8-13-3-1-2-6-20(13)18-12/h1-6,8-10H,7H2. The third-order valence-corrected chi connectivity index (χ3v) is 4.15. The number of halogens is 1. The summed E-state index contributed by atoms with van der Waals surface area (Å²) in [6, 6.07) is 12.4. The monoisotopic (exact) mass is 374 g/mol. The minimum atomic E-state index is 0.825. The van der Waals surface area contributed by atoms with Gasteiger partial charge in [0, 0.05) is 41.4 Å². The Kier molecular flexibility index (Phi) is 2.73. The van der Waals surface area contributed by atoms with E-state index in [2.05, 4.69) is 67.5 Å². The van der Waals surface area contributed by atoms with Crippen molar-refractivity contribution in [3.63, 3.8) is 0 Å². The van der Waals surface area contributed by atoms with Crippen LogP contribution in [0.25, 0.3) is 11.0 Å². The molecule has 98 valence electrons. The Bertz CT molecular complexity index is 873. The lowest BCUT2D eigenvalue weighted by Crippen LogP contribution is -1.94. The molecular formula is C15H11IN4. The predicted octanol–water partition coefficient (Wildman–Crippen LogP) is 3.18. The van der Waals surface area contributed by atoms with Crippen molar-refractivity contribution < 1.29 is 0 Å². The number of imidazole rings is 1. The van der Waals surface area contributed by atoms with E-state index in [4.69, 9.17) is 0 Å². The Balaban J connectivity index is 1.74. The zero-order valence-corrected chi connectivity index (χ0v) is 12.7. The summed E-state index contributed by atoms with van der Waals surface area (Å²) in [6.07, 6.45) is 6.82. The first-order chi connectivity index (χ1) is 9.79. The second-order valence-electron chi connectivity index (χ2n) is 4.74. The van der Waals surface area contributed by atoms with Gasteiger partial charge in [-0.15, -0.1) is 0 Å². The molecule has 0 N–H and O–H groups in total. The van der Waals surface area contributed by atoms with Gasteiger partial charge in [-0.05, 0) is 29.8 Å². The molecule has 0 amide bonds. The van der Waals surface area contributed by atoms with Crippen LogP contribution in [0.3, 0.4) is 0 Å². The van der Waals surface area contributed by atoms with Crippen LogP contribution in [-0.4, -0.2) is 19.0 Å². The molecule has 0 aliphatic heterocycles. The number of pyridine rings is 2. The van der Waals surface area contributed by atoms with Crippen molar-refractivity contribution in [3.8, 4) is 0 Å². The van der Waals surface area contributed by atoms with Crippen molar-refractivity contribution >= 4 is 33.6 Å². The van der Waals surface area contributed by atoms with Crippen LogP contribution in [0.2, 0.25) is 0 Å². The van der Waals surface area contributed by atoms with Gasteiger partial charge in [0.15, 0.2) is 3.83 Å². The second-order valence-corrected chi connectivity index (χ2v) is 5.71. The Labute approximate surface area is 129 Å². The van der Waals surface area contributed by atoms with Crippen molar-refractivity contribution in [1.82, 2.24) is 19.0 Å². The molecular weight excluding hydrogens is 363 g/mol. The Morgan fingerprint density at radius 2 is 2.05 bits per heavy atom. The highest BCUT2D eigenvalue weighted by atomic mass is 127. The van der Waals surface area contributed by atoms with Gasteiger partial charge in [0.05, 0.1) is 22.9 Å². The maximum Gasteiger partial charge on any atom is 0.175 e. The molecule has 4 aromatic rings. The highest BCUT2D eigenvalue weighted by Crippen LogP contribution is 2.15. The van der Waals surface area contributed by atoms with Gasteiger partial charge in [-0.25, -0.2) is 9.50 Å². The van der Waals surface area contributed by atoms with E-state index < -0.39 is 0 Å². The minimum absolute atomic E-state index is 0.825. The SMILES string of the molecule is Ic1ncc2ccc(Cc3cc4ccccn4n3)cn12. The van der Waals surface area contributed by atoms with Gasteiger partial charge in [0.25, 0.3) is 0 Å². The molecule has 5 heteroatoms.